The fraction of sp³-hybridized carbons (Fsp3) is 0.429. The molecule has 1 fully saturated rings. The monoisotopic (exact) mass is 443 g/mol. The quantitative estimate of drug-likeness (QED) is 0.573. The number of carbonyl (C=O) groups excluding carboxylic acids is 1. The largest absolute Gasteiger partial charge is 0.497 e. The number of methoxy groups -OCH3 is 1. The Morgan fingerprint density at radius 1 is 1.19 bits per heavy atom. The third kappa shape index (κ3) is 4.39. The van der Waals surface area contributed by atoms with Crippen LogP contribution in [0.1, 0.15) is 30.9 Å². The van der Waals surface area contributed by atoms with Gasteiger partial charge in [0.1, 0.15) is 11.3 Å². The molecule has 0 saturated carbocycles. The standard InChI is InChI=1S/C21H25N5O4S/c1-25-21-20(22-10-11-23-21)19(24-25)15-4-3-12-26(14-15)18(27)9-13-31(28,29)17-7-5-16(30-2)6-8-17/h5-8,10-11,15H,3-4,9,12-14H2,1-2H3. The van der Waals surface area contributed by atoms with Crippen LogP contribution < -0.4 is 4.74 Å². The first-order chi connectivity index (χ1) is 14.9. The van der Waals surface area contributed by atoms with Gasteiger partial charge < -0.3 is 9.64 Å². The van der Waals surface area contributed by atoms with Gasteiger partial charge in [0.05, 0.1) is 23.5 Å². The Balaban J connectivity index is 1.43. The summed E-state index contributed by atoms with van der Waals surface area (Å²) in [5.41, 5.74) is 2.31. The van der Waals surface area contributed by atoms with Gasteiger partial charge in [-0.3, -0.25) is 4.79 Å². The summed E-state index contributed by atoms with van der Waals surface area (Å²) in [6, 6.07) is 6.21. The molecular formula is C21H25N5O4S. The summed E-state index contributed by atoms with van der Waals surface area (Å²) in [7, 11) is -0.195. The predicted molar refractivity (Wildman–Crippen MR) is 115 cm³/mol. The molecule has 0 aliphatic carbocycles. The average Bonchev–Trinajstić information content (AvgIpc) is 3.14. The topological polar surface area (TPSA) is 107 Å². The van der Waals surface area contributed by atoms with Gasteiger partial charge in [-0.05, 0) is 37.1 Å². The van der Waals surface area contributed by atoms with Crippen molar-refractivity contribution in [3.63, 3.8) is 0 Å². The number of piperidine rings is 1. The summed E-state index contributed by atoms with van der Waals surface area (Å²) in [5, 5.41) is 4.59. The molecule has 0 bridgehead atoms. The number of sulfone groups is 1. The van der Waals surface area contributed by atoms with Gasteiger partial charge in [-0.2, -0.15) is 5.10 Å². The van der Waals surface area contributed by atoms with Crippen molar-refractivity contribution < 1.29 is 17.9 Å². The normalized spacial score (nSPS) is 17.1. The number of hydrogen-bond acceptors (Lipinski definition) is 7. The molecule has 1 aromatic carbocycles. The number of aromatic nitrogens is 4. The minimum absolute atomic E-state index is 0.0517. The first-order valence-electron chi connectivity index (χ1n) is 10.2. The zero-order valence-corrected chi connectivity index (χ0v) is 18.4. The molecule has 0 spiro atoms. The number of ether oxygens (including phenoxy) is 1. The molecule has 1 aliphatic heterocycles. The van der Waals surface area contributed by atoms with Crippen LogP contribution in [0.4, 0.5) is 0 Å². The van der Waals surface area contributed by atoms with Crippen molar-refractivity contribution in [1.82, 2.24) is 24.6 Å². The first-order valence-corrected chi connectivity index (χ1v) is 11.8. The van der Waals surface area contributed by atoms with E-state index in [2.05, 4.69) is 15.1 Å². The minimum atomic E-state index is -3.55. The average molecular weight is 444 g/mol. The lowest BCUT2D eigenvalue weighted by Gasteiger charge is -2.32. The van der Waals surface area contributed by atoms with Crippen molar-refractivity contribution in [1.29, 1.82) is 0 Å². The van der Waals surface area contributed by atoms with Crippen molar-refractivity contribution in [2.75, 3.05) is 26.0 Å². The van der Waals surface area contributed by atoms with E-state index in [0.717, 1.165) is 24.1 Å². The van der Waals surface area contributed by atoms with E-state index in [-0.39, 0.29) is 28.9 Å². The predicted octanol–water partition coefficient (Wildman–Crippen LogP) is 1.94. The highest BCUT2D eigenvalue weighted by Crippen LogP contribution is 2.30. The van der Waals surface area contributed by atoms with Crippen LogP contribution >= 0.6 is 0 Å². The molecule has 31 heavy (non-hydrogen) atoms. The maximum absolute atomic E-state index is 12.8. The summed E-state index contributed by atoms with van der Waals surface area (Å²) in [4.78, 5) is 23.5. The maximum Gasteiger partial charge on any atom is 0.223 e. The van der Waals surface area contributed by atoms with Gasteiger partial charge in [-0.1, -0.05) is 0 Å². The Morgan fingerprint density at radius 2 is 1.94 bits per heavy atom. The summed E-state index contributed by atoms with van der Waals surface area (Å²) >= 11 is 0. The Labute approximate surface area is 181 Å². The zero-order valence-electron chi connectivity index (χ0n) is 17.6. The second-order valence-corrected chi connectivity index (χ2v) is 9.77. The lowest BCUT2D eigenvalue weighted by molar-refractivity contribution is -0.132. The van der Waals surface area contributed by atoms with Crippen molar-refractivity contribution in [3.05, 3.63) is 42.4 Å². The van der Waals surface area contributed by atoms with Crippen LogP contribution in [0.5, 0.6) is 5.75 Å². The molecule has 0 radical (unpaired) electrons. The Kier molecular flexibility index (Phi) is 5.90. The van der Waals surface area contributed by atoms with Gasteiger partial charge in [-0.25, -0.2) is 23.1 Å². The Hall–Kier alpha value is -3.01. The number of likely N-dealkylation sites (tertiary alicyclic amines) is 1. The summed E-state index contributed by atoms with van der Waals surface area (Å²) in [6.45, 7) is 1.12. The summed E-state index contributed by atoms with van der Waals surface area (Å²) in [6.07, 6.45) is 4.96. The number of benzene rings is 1. The van der Waals surface area contributed by atoms with Crippen LogP contribution in [-0.2, 0) is 21.7 Å². The zero-order chi connectivity index (χ0) is 22.0. The number of aryl methyl sites for hydroxylation is 1. The van der Waals surface area contributed by atoms with Crippen LogP contribution in [0, 0.1) is 0 Å². The van der Waals surface area contributed by atoms with Crippen molar-refractivity contribution in [2.24, 2.45) is 7.05 Å². The highest BCUT2D eigenvalue weighted by Gasteiger charge is 2.29. The molecule has 1 aliphatic rings. The number of nitrogens with zero attached hydrogens (tertiary/aromatic N) is 5. The molecule has 9 nitrogen and oxygen atoms in total. The van der Waals surface area contributed by atoms with Crippen molar-refractivity contribution >= 4 is 26.9 Å². The lowest BCUT2D eigenvalue weighted by Crippen LogP contribution is -2.40. The Bertz CT molecular complexity index is 1190. The molecule has 1 atom stereocenters. The molecule has 3 aromatic rings. The van der Waals surface area contributed by atoms with Crippen LogP contribution in [-0.4, -0.2) is 64.9 Å². The Morgan fingerprint density at radius 3 is 2.68 bits per heavy atom. The summed E-state index contributed by atoms with van der Waals surface area (Å²) < 4.78 is 32.0. The lowest BCUT2D eigenvalue weighted by atomic mass is 9.94. The van der Waals surface area contributed by atoms with Gasteiger partial charge in [0, 0.05) is 44.9 Å². The van der Waals surface area contributed by atoms with Gasteiger partial charge in [0.15, 0.2) is 15.5 Å². The van der Waals surface area contributed by atoms with E-state index in [1.54, 1.807) is 34.1 Å². The van der Waals surface area contributed by atoms with Crippen molar-refractivity contribution in [2.45, 2.75) is 30.1 Å². The molecule has 1 saturated heterocycles. The molecule has 3 heterocycles. The molecule has 164 valence electrons. The van der Waals surface area contributed by atoms with Crippen LogP contribution in [0.25, 0.3) is 11.2 Å². The van der Waals surface area contributed by atoms with E-state index in [4.69, 9.17) is 4.74 Å². The highest BCUT2D eigenvalue weighted by molar-refractivity contribution is 7.91. The summed E-state index contributed by atoms with van der Waals surface area (Å²) in [5.74, 6) is 0.252. The molecule has 1 unspecified atom stereocenters. The molecule has 0 N–H and O–H groups in total. The fourth-order valence-corrected chi connectivity index (χ4v) is 5.22. The maximum atomic E-state index is 12.8. The molecule has 10 heteroatoms. The van der Waals surface area contributed by atoms with Gasteiger partial charge in [0.25, 0.3) is 0 Å². The number of carbonyl (C=O) groups is 1. The van der Waals surface area contributed by atoms with Gasteiger partial charge in [-0.15, -0.1) is 0 Å². The van der Waals surface area contributed by atoms with Crippen LogP contribution in [0.15, 0.2) is 41.6 Å². The van der Waals surface area contributed by atoms with Crippen LogP contribution in [0.3, 0.4) is 0 Å². The fourth-order valence-electron chi connectivity index (χ4n) is 3.99. The van der Waals surface area contributed by atoms with E-state index >= 15 is 0 Å². The molecular weight excluding hydrogens is 418 g/mol. The number of amides is 1. The van der Waals surface area contributed by atoms with E-state index < -0.39 is 9.84 Å². The van der Waals surface area contributed by atoms with Crippen molar-refractivity contribution in [3.8, 4) is 5.75 Å². The van der Waals surface area contributed by atoms with E-state index in [9.17, 15) is 13.2 Å². The smallest absolute Gasteiger partial charge is 0.223 e. The SMILES string of the molecule is COc1ccc(S(=O)(=O)CCC(=O)N2CCCC(c3nn(C)c4nccnc34)C2)cc1. The third-order valence-corrected chi connectivity index (χ3v) is 7.38. The van der Waals surface area contributed by atoms with Gasteiger partial charge >= 0.3 is 0 Å². The third-order valence-electron chi connectivity index (χ3n) is 5.65. The van der Waals surface area contributed by atoms with E-state index in [1.165, 1.54) is 19.2 Å². The minimum Gasteiger partial charge on any atom is -0.497 e. The number of fused-ring (bicyclic) bond motifs is 1. The first kappa shape index (κ1) is 21.2. The van der Waals surface area contributed by atoms with E-state index in [1.807, 2.05) is 7.05 Å². The second kappa shape index (κ2) is 8.62. The highest BCUT2D eigenvalue weighted by atomic mass is 32.2. The van der Waals surface area contributed by atoms with Gasteiger partial charge in [0.2, 0.25) is 5.91 Å². The van der Waals surface area contributed by atoms with Crippen LogP contribution in [0.2, 0.25) is 0 Å². The second-order valence-electron chi connectivity index (χ2n) is 7.66. The van der Waals surface area contributed by atoms with E-state index in [0.29, 0.717) is 24.5 Å². The molecule has 2 aromatic heterocycles. The number of hydrogen-bond donors (Lipinski definition) is 0. The molecule has 4 rings (SSSR count). The molecule has 1 amide bonds. The number of rotatable bonds is 6.